The van der Waals surface area contributed by atoms with E-state index in [4.69, 9.17) is 38.8 Å². The molecule has 10 fully saturated rings. The molecule has 0 radical (unpaired) electrons. The van der Waals surface area contributed by atoms with Crippen molar-refractivity contribution in [2.75, 3.05) is 6.61 Å². The number of ketones is 1. The van der Waals surface area contributed by atoms with Crippen LogP contribution in [0.5, 0.6) is 0 Å². The summed E-state index contributed by atoms with van der Waals surface area (Å²) in [5, 5.41) is 0. The highest BCUT2D eigenvalue weighted by Crippen LogP contribution is 2.66. The van der Waals surface area contributed by atoms with E-state index in [9.17, 15) is 4.79 Å². The van der Waals surface area contributed by atoms with E-state index in [-0.39, 0.29) is 6.10 Å². The van der Waals surface area contributed by atoms with Crippen LogP contribution in [0.4, 0.5) is 0 Å². The van der Waals surface area contributed by atoms with Crippen molar-refractivity contribution in [2.24, 2.45) is 59.2 Å². The first-order valence-corrected chi connectivity index (χ1v) is 17.4. The van der Waals surface area contributed by atoms with Gasteiger partial charge in [0.25, 0.3) is 0 Å². The molecule has 0 N–H and O–H groups in total. The molecule has 5 saturated heterocycles. The van der Waals surface area contributed by atoms with Crippen LogP contribution in [0.1, 0.15) is 103 Å². The maximum absolute atomic E-state index is 13.6. The number of carbonyl (C=O) groups is 1. The second kappa shape index (κ2) is 11.0. The topological polar surface area (TPSA) is 90.9 Å². The average molecular weight is 589 g/mol. The standard InChI is InChI=1S/C33H48O9/c34-24-9-18-4-5-22-13-26-27-14-23-16-33(17-28(23)26,36-32(27)25(22)10-18)42-41-31-15-30(39-40-31)38-37-29-11-19(6-7-35-29)8-20-2-1-3-21(20)12-24/h18-23,25-32H,1-17H2. The molecule has 10 aliphatic rings. The molecule has 15 atom stereocenters. The van der Waals surface area contributed by atoms with E-state index in [1.165, 1.54) is 44.9 Å². The summed E-state index contributed by atoms with van der Waals surface area (Å²) in [5.74, 6) is 5.86. The summed E-state index contributed by atoms with van der Waals surface area (Å²) >= 11 is 0. The predicted molar refractivity (Wildman–Crippen MR) is 145 cm³/mol. The van der Waals surface area contributed by atoms with Crippen molar-refractivity contribution in [1.82, 2.24) is 0 Å². The maximum Gasteiger partial charge on any atom is 0.229 e. The molecular weight excluding hydrogens is 540 g/mol. The summed E-state index contributed by atoms with van der Waals surface area (Å²) in [7, 11) is 0. The summed E-state index contributed by atoms with van der Waals surface area (Å²) in [6.45, 7) is 0.660. The van der Waals surface area contributed by atoms with E-state index in [0.717, 1.165) is 63.2 Å². The van der Waals surface area contributed by atoms with Crippen molar-refractivity contribution in [3.05, 3.63) is 0 Å². The number of hydrogen-bond acceptors (Lipinski definition) is 9. The predicted octanol–water partition coefficient (Wildman–Crippen LogP) is 6.00. The van der Waals surface area contributed by atoms with Crippen molar-refractivity contribution in [1.29, 1.82) is 0 Å². The molecule has 0 aromatic rings. The molecule has 10 rings (SSSR count). The lowest BCUT2D eigenvalue weighted by Crippen LogP contribution is -2.49. The summed E-state index contributed by atoms with van der Waals surface area (Å²) in [5.41, 5.74) is 0. The number of rotatable bonds is 0. The van der Waals surface area contributed by atoms with Crippen LogP contribution in [-0.2, 0) is 43.6 Å². The minimum atomic E-state index is -0.723. The van der Waals surface area contributed by atoms with Crippen molar-refractivity contribution >= 4 is 5.78 Å². The second-order valence-electron chi connectivity index (χ2n) is 15.7. The van der Waals surface area contributed by atoms with Gasteiger partial charge in [0.2, 0.25) is 18.4 Å². The van der Waals surface area contributed by atoms with E-state index >= 15 is 0 Å². The molecule has 1 spiro atoms. The molecule has 9 heteroatoms. The Morgan fingerprint density at radius 1 is 0.571 bits per heavy atom. The van der Waals surface area contributed by atoms with Gasteiger partial charge in [-0.3, -0.25) is 4.79 Å². The largest absolute Gasteiger partial charge is 0.350 e. The van der Waals surface area contributed by atoms with Crippen LogP contribution >= 0.6 is 0 Å². The molecule has 5 heterocycles. The Morgan fingerprint density at radius 3 is 2.33 bits per heavy atom. The number of hydrogen-bond donors (Lipinski definition) is 0. The highest BCUT2D eigenvalue weighted by molar-refractivity contribution is 5.79. The van der Waals surface area contributed by atoms with Gasteiger partial charge in [0.1, 0.15) is 5.78 Å². The van der Waals surface area contributed by atoms with E-state index in [1.807, 2.05) is 0 Å². The Hall–Kier alpha value is -0.650. The molecule has 234 valence electrons. The number of carbonyl (C=O) groups excluding carboxylic acids is 1. The maximum atomic E-state index is 13.6. The van der Waals surface area contributed by atoms with Gasteiger partial charge in [-0.05, 0) is 111 Å². The number of ether oxygens (including phenoxy) is 2. The monoisotopic (exact) mass is 588 g/mol. The van der Waals surface area contributed by atoms with E-state index < -0.39 is 24.7 Å². The van der Waals surface area contributed by atoms with E-state index in [1.54, 1.807) is 0 Å². The smallest absolute Gasteiger partial charge is 0.229 e. The van der Waals surface area contributed by atoms with Gasteiger partial charge in [-0.25, -0.2) is 4.89 Å². The quantitative estimate of drug-likeness (QED) is 0.316. The fourth-order valence-electron chi connectivity index (χ4n) is 11.7. The highest BCUT2D eigenvalue weighted by Gasteiger charge is 2.66. The highest BCUT2D eigenvalue weighted by atomic mass is 17.4. The fraction of sp³-hybridized carbons (Fsp3) is 0.970. The van der Waals surface area contributed by atoms with Crippen LogP contribution < -0.4 is 0 Å². The van der Waals surface area contributed by atoms with Gasteiger partial charge in [-0.2, -0.15) is 24.4 Å². The first kappa shape index (κ1) is 27.6. The minimum absolute atomic E-state index is 0.203. The van der Waals surface area contributed by atoms with Crippen LogP contribution in [0.15, 0.2) is 0 Å². The molecule has 9 nitrogen and oxygen atoms in total. The summed E-state index contributed by atoms with van der Waals surface area (Å²) in [6.07, 6.45) is 14.9. The van der Waals surface area contributed by atoms with Gasteiger partial charge in [-0.1, -0.05) is 12.8 Å². The van der Waals surface area contributed by atoms with E-state index in [0.29, 0.717) is 66.2 Å². The Balaban J connectivity index is 0.954. The molecule has 5 aliphatic carbocycles. The van der Waals surface area contributed by atoms with Gasteiger partial charge in [0, 0.05) is 32.1 Å². The van der Waals surface area contributed by atoms with Gasteiger partial charge in [0.15, 0.2) is 6.29 Å². The first-order chi connectivity index (χ1) is 20.6. The lowest BCUT2D eigenvalue weighted by Gasteiger charge is -2.49. The summed E-state index contributed by atoms with van der Waals surface area (Å²) < 4.78 is 12.9. The van der Waals surface area contributed by atoms with Crippen LogP contribution in [-0.4, -0.2) is 43.2 Å². The summed E-state index contributed by atoms with van der Waals surface area (Å²) in [4.78, 5) is 47.8. The minimum Gasteiger partial charge on any atom is -0.350 e. The molecule has 0 aromatic heterocycles. The van der Waals surface area contributed by atoms with Gasteiger partial charge < -0.3 is 9.47 Å². The third kappa shape index (κ3) is 5.02. The Morgan fingerprint density at radius 2 is 1.40 bits per heavy atom. The zero-order chi connectivity index (χ0) is 27.8. The van der Waals surface area contributed by atoms with Gasteiger partial charge in [0.05, 0.1) is 19.1 Å². The first-order valence-electron chi connectivity index (χ1n) is 17.4. The molecule has 0 aromatic carbocycles. The van der Waals surface area contributed by atoms with Crippen molar-refractivity contribution in [2.45, 2.75) is 133 Å². The van der Waals surface area contributed by atoms with Crippen molar-refractivity contribution < 1.29 is 43.6 Å². The molecule has 15 unspecified atom stereocenters. The molecule has 5 saturated carbocycles. The zero-order valence-electron chi connectivity index (χ0n) is 24.8. The third-order valence-electron chi connectivity index (χ3n) is 13.4. The number of fused-ring (bicyclic) bond motifs is 6. The van der Waals surface area contributed by atoms with Gasteiger partial charge >= 0.3 is 0 Å². The van der Waals surface area contributed by atoms with E-state index in [2.05, 4.69) is 0 Å². The lowest BCUT2D eigenvalue weighted by atomic mass is 9.59. The fourth-order valence-corrected chi connectivity index (χ4v) is 11.7. The zero-order valence-corrected chi connectivity index (χ0v) is 24.8. The van der Waals surface area contributed by atoms with Crippen LogP contribution in [0.3, 0.4) is 0 Å². The normalized spacial score (nSPS) is 55.8. The molecule has 42 heavy (non-hydrogen) atoms. The van der Waals surface area contributed by atoms with Gasteiger partial charge in [-0.15, -0.1) is 0 Å². The van der Waals surface area contributed by atoms with Crippen molar-refractivity contribution in [3.8, 4) is 0 Å². The van der Waals surface area contributed by atoms with Crippen LogP contribution in [0.25, 0.3) is 0 Å². The average Bonchev–Trinajstić information content (AvgIpc) is 3.73. The molecule has 5 aliphatic heterocycles. The second-order valence-corrected chi connectivity index (χ2v) is 15.7. The molecule has 0 amide bonds. The Labute approximate surface area is 248 Å². The lowest BCUT2D eigenvalue weighted by molar-refractivity contribution is -0.513. The Bertz CT molecular complexity index is 1020. The van der Waals surface area contributed by atoms with Crippen LogP contribution in [0, 0.1) is 59.2 Å². The van der Waals surface area contributed by atoms with Crippen molar-refractivity contribution in [3.63, 3.8) is 0 Å². The SMILES string of the molecule is O=C1CC2CCC3CC4C5CC6(CC5CC4C(O6)C3C2)OOC2CC(OOC3CC(CCO3)CC3CCCC3C1)OO2. The number of Topliss-reactive ketones (excluding diaryl/α,β-unsaturated/α-hetero) is 1. The van der Waals surface area contributed by atoms with Crippen LogP contribution in [0.2, 0.25) is 0 Å². The summed E-state index contributed by atoms with van der Waals surface area (Å²) in [6, 6.07) is 0. The third-order valence-corrected chi connectivity index (χ3v) is 13.4. The molecule has 12 bridgehead atoms. The molecular formula is C33H48O9. The Kier molecular flexibility index (Phi) is 7.24.